The summed E-state index contributed by atoms with van der Waals surface area (Å²) in [5.41, 5.74) is -0.550. The largest absolute Gasteiger partial charge is 0.477 e. The smallest absolute Gasteiger partial charge is 0.352 e. The lowest BCUT2D eigenvalue weighted by Gasteiger charge is -2.15. The van der Waals surface area contributed by atoms with Crippen molar-refractivity contribution in [3.63, 3.8) is 0 Å². The molecule has 0 radical (unpaired) electrons. The first-order valence-electron chi connectivity index (χ1n) is 7.35. The van der Waals surface area contributed by atoms with Crippen molar-refractivity contribution < 1.29 is 18.7 Å². The van der Waals surface area contributed by atoms with Gasteiger partial charge in [-0.05, 0) is 26.8 Å². The van der Waals surface area contributed by atoms with Crippen LogP contribution < -0.4 is 10.4 Å². The normalized spacial score (nSPS) is 12.1. The van der Waals surface area contributed by atoms with Crippen LogP contribution in [-0.4, -0.2) is 33.0 Å². The summed E-state index contributed by atoms with van der Waals surface area (Å²) in [6.07, 6.45) is -0.923. The number of esters is 1. The van der Waals surface area contributed by atoms with Crippen LogP contribution in [0.5, 0.6) is 5.75 Å². The van der Waals surface area contributed by atoms with E-state index in [-0.39, 0.29) is 33.9 Å². The van der Waals surface area contributed by atoms with Crippen LogP contribution in [0.3, 0.4) is 0 Å². The van der Waals surface area contributed by atoms with Crippen LogP contribution in [0, 0.1) is 6.92 Å². The zero-order chi connectivity index (χ0) is 18.7. The van der Waals surface area contributed by atoms with Crippen LogP contribution in [0.4, 0.5) is 4.39 Å². The second-order valence-electron chi connectivity index (χ2n) is 5.04. The molecular weight excluding hydrogens is 376 g/mol. The zero-order valence-corrected chi connectivity index (χ0v) is 15.3. The number of hydrogen-bond acceptors (Lipinski definition) is 5. The predicted molar refractivity (Wildman–Crippen MR) is 90.4 cm³/mol. The van der Waals surface area contributed by atoms with Crippen LogP contribution in [0.15, 0.2) is 16.9 Å². The number of aryl methyl sites for hydroxylation is 1. The molecule has 0 fully saturated rings. The van der Waals surface area contributed by atoms with E-state index in [1.807, 2.05) is 0 Å². The molecule has 0 N–H and O–H groups in total. The fraction of sp³-hybridized carbons (Fsp3) is 0.400. The Labute approximate surface area is 152 Å². The number of hydrogen-bond donors (Lipinski definition) is 0. The number of ether oxygens (including phenoxy) is 2. The van der Waals surface area contributed by atoms with Gasteiger partial charge in [0.2, 0.25) is 0 Å². The summed E-state index contributed by atoms with van der Waals surface area (Å²) >= 11 is 12.2. The highest BCUT2D eigenvalue weighted by atomic mass is 35.5. The Hall–Kier alpha value is -2.06. The number of benzene rings is 1. The molecule has 0 aliphatic carbocycles. The molecule has 0 aliphatic heterocycles. The van der Waals surface area contributed by atoms with Gasteiger partial charge >= 0.3 is 11.7 Å². The maximum absolute atomic E-state index is 12.9. The van der Waals surface area contributed by atoms with Gasteiger partial charge in [-0.3, -0.25) is 0 Å². The van der Waals surface area contributed by atoms with E-state index in [4.69, 9.17) is 32.7 Å². The minimum Gasteiger partial charge on any atom is -0.477 e. The topological polar surface area (TPSA) is 75.3 Å². The summed E-state index contributed by atoms with van der Waals surface area (Å²) in [5, 5.41) is 4.23. The molecule has 1 aromatic heterocycles. The third kappa shape index (κ3) is 3.96. The second kappa shape index (κ2) is 7.88. The lowest BCUT2D eigenvalue weighted by molar-refractivity contribution is -0.150. The summed E-state index contributed by atoms with van der Waals surface area (Å²) in [5.74, 6) is -0.272. The number of alkyl halides is 1. The molecule has 7 nitrogen and oxygen atoms in total. The van der Waals surface area contributed by atoms with Gasteiger partial charge in [0.05, 0.1) is 22.3 Å². The minimum atomic E-state index is -1.01. The number of halogens is 3. The van der Waals surface area contributed by atoms with Gasteiger partial charge in [-0.15, -0.1) is 0 Å². The molecule has 136 valence electrons. The SMILES string of the molecule is CCOC(=O)C(C)Oc1cc(-n2nc(C)n(CF)c2=O)c(Cl)cc1Cl. The lowest BCUT2D eigenvalue weighted by Crippen LogP contribution is -2.26. The molecule has 10 heteroatoms. The summed E-state index contributed by atoms with van der Waals surface area (Å²) < 4.78 is 25.1. The summed E-state index contributed by atoms with van der Waals surface area (Å²) in [4.78, 5) is 23.9. The fourth-order valence-corrected chi connectivity index (χ4v) is 2.57. The highest BCUT2D eigenvalue weighted by Crippen LogP contribution is 2.33. The van der Waals surface area contributed by atoms with Crippen LogP contribution >= 0.6 is 23.2 Å². The lowest BCUT2D eigenvalue weighted by atomic mass is 10.3. The number of rotatable bonds is 6. The maximum atomic E-state index is 12.9. The van der Waals surface area contributed by atoms with Crippen molar-refractivity contribution in [2.24, 2.45) is 0 Å². The standard InChI is InChI=1S/C15H16Cl2FN3O4/c1-4-24-14(22)8(2)25-13-6-12(10(16)5-11(13)17)21-15(23)20(7-18)9(3)19-21/h5-6,8H,4,7H2,1-3H3. The van der Waals surface area contributed by atoms with Crippen molar-refractivity contribution in [3.05, 3.63) is 38.5 Å². The van der Waals surface area contributed by atoms with Crippen LogP contribution in [0.25, 0.3) is 5.69 Å². The van der Waals surface area contributed by atoms with Gasteiger partial charge in [0.1, 0.15) is 11.6 Å². The Bertz CT molecular complexity index is 850. The first kappa shape index (κ1) is 19.3. The number of nitrogens with zero attached hydrogens (tertiary/aromatic N) is 3. The van der Waals surface area contributed by atoms with Crippen LogP contribution in [0.1, 0.15) is 19.7 Å². The zero-order valence-electron chi connectivity index (χ0n) is 13.8. The minimum absolute atomic E-state index is 0.112. The number of carbonyl (C=O) groups is 1. The Balaban J connectivity index is 2.45. The molecule has 0 saturated carbocycles. The van der Waals surface area contributed by atoms with E-state index < -0.39 is 24.6 Å². The van der Waals surface area contributed by atoms with Gasteiger partial charge in [-0.1, -0.05) is 23.2 Å². The summed E-state index contributed by atoms with van der Waals surface area (Å²) in [7, 11) is 0. The van der Waals surface area contributed by atoms with Gasteiger partial charge in [0.15, 0.2) is 12.9 Å². The van der Waals surface area contributed by atoms with E-state index in [0.717, 1.165) is 9.25 Å². The Kier molecular flexibility index (Phi) is 6.07. The monoisotopic (exact) mass is 391 g/mol. The molecule has 2 rings (SSSR count). The Morgan fingerprint density at radius 3 is 2.60 bits per heavy atom. The molecule has 0 aliphatic rings. The maximum Gasteiger partial charge on any atom is 0.352 e. The van der Waals surface area contributed by atoms with E-state index in [0.29, 0.717) is 0 Å². The molecule has 0 bridgehead atoms. The van der Waals surface area contributed by atoms with Gasteiger partial charge in [0, 0.05) is 6.07 Å². The average molecular weight is 392 g/mol. The van der Waals surface area contributed by atoms with Crippen molar-refractivity contribution in [1.29, 1.82) is 0 Å². The van der Waals surface area contributed by atoms with E-state index >= 15 is 0 Å². The third-order valence-corrected chi connectivity index (χ3v) is 3.92. The first-order valence-corrected chi connectivity index (χ1v) is 8.10. The quantitative estimate of drug-likeness (QED) is 0.707. The van der Waals surface area contributed by atoms with E-state index in [2.05, 4.69) is 5.10 Å². The van der Waals surface area contributed by atoms with Crippen molar-refractivity contribution >= 4 is 29.2 Å². The molecule has 2 aromatic rings. The van der Waals surface area contributed by atoms with Crippen molar-refractivity contribution in [1.82, 2.24) is 14.3 Å². The second-order valence-corrected chi connectivity index (χ2v) is 5.85. The van der Waals surface area contributed by atoms with Gasteiger partial charge < -0.3 is 9.47 Å². The molecule has 1 atom stereocenters. The number of carbonyl (C=O) groups excluding carboxylic acids is 1. The average Bonchev–Trinajstić information content (AvgIpc) is 2.84. The van der Waals surface area contributed by atoms with E-state index in [1.54, 1.807) is 6.92 Å². The molecule has 25 heavy (non-hydrogen) atoms. The van der Waals surface area contributed by atoms with Gasteiger partial charge in [-0.2, -0.15) is 9.78 Å². The highest BCUT2D eigenvalue weighted by Gasteiger charge is 2.20. The first-order chi connectivity index (χ1) is 11.8. The molecular formula is C15H16Cl2FN3O4. The van der Waals surface area contributed by atoms with Crippen LogP contribution in [0.2, 0.25) is 10.0 Å². The molecule has 1 unspecified atom stereocenters. The van der Waals surface area contributed by atoms with Gasteiger partial charge in [-0.25, -0.2) is 18.5 Å². The molecule has 0 spiro atoms. The van der Waals surface area contributed by atoms with Gasteiger partial charge in [0.25, 0.3) is 0 Å². The Morgan fingerprint density at radius 2 is 2.04 bits per heavy atom. The summed E-state index contributed by atoms with van der Waals surface area (Å²) in [6, 6.07) is 2.71. The molecule has 1 aromatic carbocycles. The molecule has 0 amide bonds. The van der Waals surface area contributed by atoms with Crippen molar-refractivity contribution in [2.75, 3.05) is 6.61 Å². The fourth-order valence-electron chi connectivity index (χ4n) is 2.06. The van der Waals surface area contributed by atoms with Crippen molar-refractivity contribution in [3.8, 4) is 11.4 Å². The van der Waals surface area contributed by atoms with E-state index in [1.165, 1.54) is 26.0 Å². The van der Waals surface area contributed by atoms with E-state index in [9.17, 15) is 14.0 Å². The van der Waals surface area contributed by atoms with Crippen LogP contribution in [-0.2, 0) is 16.3 Å². The van der Waals surface area contributed by atoms with Crippen molar-refractivity contribution in [2.45, 2.75) is 33.7 Å². The number of aromatic nitrogens is 3. The Morgan fingerprint density at radius 1 is 1.36 bits per heavy atom. The molecule has 0 saturated heterocycles. The predicted octanol–water partition coefficient (Wildman–Crippen LogP) is 2.91. The highest BCUT2D eigenvalue weighted by molar-refractivity contribution is 6.36. The molecule has 1 heterocycles. The summed E-state index contributed by atoms with van der Waals surface area (Å²) in [6.45, 7) is 3.85. The third-order valence-electron chi connectivity index (χ3n) is 3.32.